The van der Waals surface area contributed by atoms with E-state index in [0.717, 1.165) is 4.90 Å². The average Bonchev–Trinajstić information content (AvgIpc) is 2.79. The number of nitrogens with zero attached hydrogens (tertiary/aromatic N) is 1. The summed E-state index contributed by atoms with van der Waals surface area (Å²) in [6.07, 6.45) is -6.21. The van der Waals surface area contributed by atoms with Gasteiger partial charge in [0.1, 0.15) is 24.4 Å². The first kappa shape index (κ1) is 14.2. The highest BCUT2D eigenvalue weighted by molar-refractivity contribution is 6.02. The van der Waals surface area contributed by atoms with Crippen LogP contribution in [0.5, 0.6) is 0 Å². The summed E-state index contributed by atoms with van der Waals surface area (Å²) in [4.78, 5) is 23.8. The van der Waals surface area contributed by atoms with Gasteiger partial charge in [0.2, 0.25) is 11.8 Å². The molecule has 2 heterocycles. The third-order valence-electron chi connectivity index (χ3n) is 3.45. The van der Waals surface area contributed by atoms with Crippen LogP contribution in [0.1, 0.15) is 6.42 Å². The Hall–Kier alpha value is -1.26. The van der Waals surface area contributed by atoms with Gasteiger partial charge in [-0.3, -0.25) is 14.5 Å². The minimum Gasteiger partial charge on any atom is -0.394 e. The molecule has 2 saturated heterocycles. The summed E-state index contributed by atoms with van der Waals surface area (Å²) in [5.41, 5.74) is 4.99. The fraction of sp³-hybridized carbons (Fsp3) is 0.800. The normalized spacial score (nSPS) is 42.9. The molecule has 9 heteroatoms. The van der Waals surface area contributed by atoms with Crippen molar-refractivity contribution in [3.63, 3.8) is 0 Å². The lowest BCUT2D eigenvalue weighted by atomic mass is 10.1. The number of aliphatic hydroxyl groups is 4. The summed E-state index contributed by atoms with van der Waals surface area (Å²) >= 11 is 0. The topological polar surface area (TPSA) is 154 Å². The molecule has 0 aromatic carbocycles. The van der Waals surface area contributed by atoms with Crippen molar-refractivity contribution in [2.45, 2.75) is 37.2 Å². The van der Waals surface area contributed by atoms with Crippen molar-refractivity contribution >= 4 is 11.8 Å². The van der Waals surface area contributed by atoms with E-state index < -0.39 is 55.1 Å². The van der Waals surface area contributed by atoms with Crippen molar-refractivity contribution in [3.05, 3.63) is 0 Å². The van der Waals surface area contributed by atoms with Gasteiger partial charge >= 0.3 is 0 Å². The van der Waals surface area contributed by atoms with E-state index in [-0.39, 0.29) is 6.42 Å². The molecule has 0 bridgehead atoms. The molecule has 108 valence electrons. The minimum absolute atomic E-state index is 0.0355. The van der Waals surface area contributed by atoms with Crippen LogP contribution in [0.2, 0.25) is 0 Å². The molecule has 1 unspecified atom stereocenters. The number of carbonyl (C=O) groups is 2. The van der Waals surface area contributed by atoms with E-state index in [9.17, 15) is 24.9 Å². The van der Waals surface area contributed by atoms with E-state index >= 15 is 0 Å². The highest BCUT2D eigenvalue weighted by Crippen LogP contribution is 2.32. The highest BCUT2D eigenvalue weighted by atomic mass is 16.5. The van der Waals surface area contributed by atoms with Crippen LogP contribution in [0, 0.1) is 5.92 Å². The molecule has 2 rings (SSSR count). The van der Waals surface area contributed by atoms with E-state index in [4.69, 9.17) is 15.6 Å². The summed E-state index contributed by atoms with van der Waals surface area (Å²) < 4.78 is 5.21. The number of ether oxygens (including phenoxy) is 1. The molecule has 6 N–H and O–H groups in total. The van der Waals surface area contributed by atoms with E-state index in [0.29, 0.717) is 0 Å². The largest absolute Gasteiger partial charge is 0.394 e. The second-order valence-electron chi connectivity index (χ2n) is 4.64. The van der Waals surface area contributed by atoms with Crippen molar-refractivity contribution in [1.82, 2.24) is 4.90 Å². The molecule has 2 amide bonds. The van der Waals surface area contributed by atoms with Gasteiger partial charge in [0.25, 0.3) is 0 Å². The first-order valence-corrected chi connectivity index (χ1v) is 5.80. The van der Waals surface area contributed by atoms with Gasteiger partial charge in [-0.15, -0.1) is 0 Å². The zero-order valence-corrected chi connectivity index (χ0v) is 9.92. The maximum Gasteiger partial charge on any atom is 0.242 e. The van der Waals surface area contributed by atoms with Crippen molar-refractivity contribution in [2.75, 3.05) is 6.61 Å². The molecular formula is C10H16N2O7. The maximum atomic E-state index is 11.9. The fourth-order valence-electron chi connectivity index (χ4n) is 2.43. The summed E-state index contributed by atoms with van der Waals surface area (Å²) in [6.45, 7) is -0.447. The van der Waals surface area contributed by atoms with Crippen LogP contribution in [-0.4, -0.2) is 74.5 Å². The van der Waals surface area contributed by atoms with Crippen molar-refractivity contribution in [1.29, 1.82) is 0 Å². The molecule has 2 fully saturated rings. The fourth-order valence-corrected chi connectivity index (χ4v) is 2.43. The van der Waals surface area contributed by atoms with Crippen LogP contribution in [0.3, 0.4) is 0 Å². The minimum atomic E-state index is -1.64. The van der Waals surface area contributed by atoms with Gasteiger partial charge in [0.15, 0.2) is 6.23 Å². The molecule has 2 aliphatic rings. The van der Waals surface area contributed by atoms with E-state index in [1.807, 2.05) is 0 Å². The third-order valence-corrected chi connectivity index (χ3v) is 3.45. The molecule has 0 aromatic rings. The van der Waals surface area contributed by atoms with Gasteiger partial charge in [-0.25, -0.2) is 0 Å². The van der Waals surface area contributed by atoms with Crippen LogP contribution in [0.25, 0.3) is 0 Å². The first-order chi connectivity index (χ1) is 8.88. The Morgan fingerprint density at radius 3 is 2.47 bits per heavy atom. The van der Waals surface area contributed by atoms with E-state index in [2.05, 4.69) is 0 Å². The van der Waals surface area contributed by atoms with Gasteiger partial charge in [0, 0.05) is 6.42 Å². The molecule has 0 aliphatic carbocycles. The van der Waals surface area contributed by atoms with Gasteiger partial charge in [0.05, 0.1) is 12.7 Å². The second-order valence-corrected chi connectivity index (χ2v) is 4.64. The maximum absolute atomic E-state index is 11.9. The Morgan fingerprint density at radius 2 is 2.05 bits per heavy atom. The Balaban J connectivity index is 2.17. The first-order valence-electron chi connectivity index (χ1n) is 5.80. The molecule has 6 atom stereocenters. The van der Waals surface area contributed by atoms with Gasteiger partial charge in [-0.1, -0.05) is 0 Å². The quantitative estimate of drug-likeness (QED) is 0.330. The lowest BCUT2D eigenvalue weighted by molar-refractivity contribution is -0.162. The van der Waals surface area contributed by atoms with E-state index in [1.165, 1.54) is 0 Å². The van der Waals surface area contributed by atoms with Crippen LogP contribution in [0.4, 0.5) is 0 Å². The summed E-state index contributed by atoms with van der Waals surface area (Å²) in [6, 6.07) is 0. The predicted octanol–water partition coefficient (Wildman–Crippen LogP) is -3.92. The second kappa shape index (κ2) is 5.02. The highest BCUT2D eigenvalue weighted by Gasteiger charge is 2.54. The van der Waals surface area contributed by atoms with Gasteiger partial charge < -0.3 is 30.9 Å². The average molecular weight is 276 g/mol. The number of hydrogen-bond donors (Lipinski definition) is 5. The SMILES string of the molecule is NC(=O)C1C(=O)N([C@H]2C[C@H](O)[C@@H](CO)O2)[C@@H](O)[C@H]1O. The van der Waals surface area contributed by atoms with Crippen LogP contribution < -0.4 is 5.73 Å². The van der Waals surface area contributed by atoms with Gasteiger partial charge in [-0.05, 0) is 0 Å². The molecular weight excluding hydrogens is 260 g/mol. The molecule has 0 radical (unpaired) electrons. The molecule has 19 heavy (non-hydrogen) atoms. The Labute approximate surface area is 108 Å². The molecule has 9 nitrogen and oxygen atoms in total. The van der Waals surface area contributed by atoms with Crippen LogP contribution in [0.15, 0.2) is 0 Å². The molecule has 0 spiro atoms. The summed E-state index contributed by atoms with van der Waals surface area (Å²) in [5, 5.41) is 37.9. The molecule has 0 saturated carbocycles. The third kappa shape index (κ3) is 2.19. The van der Waals surface area contributed by atoms with Crippen molar-refractivity contribution in [2.24, 2.45) is 11.7 Å². The smallest absolute Gasteiger partial charge is 0.242 e. The Bertz CT molecular complexity index is 390. The van der Waals surface area contributed by atoms with Crippen molar-refractivity contribution in [3.8, 4) is 0 Å². The van der Waals surface area contributed by atoms with Crippen LogP contribution in [-0.2, 0) is 14.3 Å². The zero-order chi connectivity index (χ0) is 14.3. The Morgan fingerprint density at radius 1 is 1.42 bits per heavy atom. The number of rotatable bonds is 3. The van der Waals surface area contributed by atoms with Crippen molar-refractivity contribution < 1.29 is 34.8 Å². The van der Waals surface area contributed by atoms with E-state index in [1.54, 1.807) is 0 Å². The summed E-state index contributed by atoms with van der Waals surface area (Å²) in [7, 11) is 0. The lowest BCUT2D eigenvalue weighted by Crippen LogP contribution is -2.44. The number of carbonyl (C=O) groups excluding carboxylic acids is 2. The lowest BCUT2D eigenvalue weighted by Gasteiger charge is -2.27. The number of primary amides is 1. The number of aliphatic hydroxyl groups excluding tert-OH is 4. The van der Waals surface area contributed by atoms with Crippen LogP contribution >= 0.6 is 0 Å². The molecule has 2 aliphatic heterocycles. The number of amides is 2. The number of nitrogens with two attached hydrogens (primary N) is 1. The Kier molecular flexibility index (Phi) is 3.74. The predicted molar refractivity (Wildman–Crippen MR) is 57.9 cm³/mol. The zero-order valence-electron chi connectivity index (χ0n) is 9.92. The monoisotopic (exact) mass is 276 g/mol. The number of likely N-dealkylation sites (tertiary alicyclic amines) is 1. The standard InChI is InChI=1S/C10H16N2O7/c11-8(16)6-7(15)10(18)12(9(6)17)5-1-3(14)4(2-13)19-5/h3-7,10,13-15,18H,1-2H2,(H2,11,16)/t3-,4+,5+,6?,7-,10-/m0/s1. The number of hydrogen-bond acceptors (Lipinski definition) is 7. The van der Waals surface area contributed by atoms with Gasteiger partial charge in [-0.2, -0.15) is 0 Å². The summed E-state index contributed by atoms with van der Waals surface area (Å²) in [5.74, 6) is -3.44. The molecule has 0 aromatic heterocycles.